The van der Waals surface area contributed by atoms with Crippen LogP contribution >= 0.6 is 0 Å². The smallest absolute Gasteiger partial charge is 0.244 e. The molecule has 1 unspecified atom stereocenters. The molecule has 11 nitrogen and oxygen atoms in total. The molecule has 5 N–H and O–H groups in total. The van der Waals surface area contributed by atoms with E-state index in [1.807, 2.05) is 69.3 Å². The van der Waals surface area contributed by atoms with Crippen LogP contribution in [0.15, 0.2) is 97.3 Å². The standard InChI is InChI=1S/C38H40N6O5/c1-24(21-31(45)44-49)22-37(2,3)23-32(46)41-28-17-15-27(16-18-28)38(4,35(47)42-29-13-5-9-25-11-7-19-39-33(25)29)36(48)43-30-14-6-10-26-12-8-20-40-34(26)30/h5-20,24,49H,21-23H2,1-4H3,(H,41,46)(H,42,47)(H,43,48)(H,44,45). The fourth-order valence-corrected chi connectivity index (χ4v) is 6.25. The zero-order valence-electron chi connectivity index (χ0n) is 27.9. The van der Waals surface area contributed by atoms with Crippen LogP contribution in [0.4, 0.5) is 17.1 Å². The summed E-state index contributed by atoms with van der Waals surface area (Å²) < 4.78 is 0. The zero-order chi connectivity index (χ0) is 35.2. The van der Waals surface area contributed by atoms with Gasteiger partial charge in [-0.2, -0.15) is 0 Å². The van der Waals surface area contributed by atoms with E-state index in [4.69, 9.17) is 5.21 Å². The van der Waals surface area contributed by atoms with E-state index in [0.717, 1.165) is 10.8 Å². The van der Waals surface area contributed by atoms with Crippen LogP contribution in [0.25, 0.3) is 21.8 Å². The number of aromatic nitrogens is 2. The van der Waals surface area contributed by atoms with Gasteiger partial charge in [-0.25, -0.2) is 5.48 Å². The van der Waals surface area contributed by atoms with Gasteiger partial charge in [-0.15, -0.1) is 0 Å². The highest BCUT2D eigenvalue weighted by molar-refractivity contribution is 6.21. The second kappa shape index (κ2) is 14.6. The number of hydroxylamine groups is 1. The summed E-state index contributed by atoms with van der Waals surface area (Å²) in [7, 11) is 0. The van der Waals surface area contributed by atoms with Crippen molar-refractivity contribution in [2.75, 3.05) is 16.0 Å². The highest BCUT2D eigenvalue weighted by Crippen LogP contribution is 2.33. The summed E-state index contributed by atoms with van der Waals surface area (Å²) in [6.45, 7) is 7.35. The van der Waals surface area contributed by atoms with Crippen LogP contribution in [-0.2, 0) is 24.6 Å². The molecule has 0 radical (unpaired) electrons. The molecule has 11 heteroatoms. The number of nitrogens with zero attached hydrogens (tertiary/aromatic N) is 2. The van der Waals surface area contributed by atoms with Crippen LogP contribution in [0.1, 0.15) is 52.5 Å². The van der Waals surface area contributed by atoms with Crippen molar-refractivity contribution in [2.45, 2.75) is 52.4 Å². The first-order chi connectivity index (χ1) is 23.4. The zero-order valence-corrected chi connectivity index (χ0v) is 27.9. The Bertz CT molecular complexity index is 1910. The van der Waals surface area contributed by atoms with E-state index in [9.17, 15) is 19.2 Å². The predicted molar refractivity (Wildman–Crippen MR) is 190 cm³/mol. The first-order valence-electron chi connectivity index (χ1n) is 16.0. The Morgan fingerprint density at radius 1 is 0.694 bits per heavy atom. The number of benzene rings is 3. The minimum Gasteiger partial charge on any atom is -0.326 e. The number of anilines is 3. The van der Waals surface area contributed by atoms with Gasteiger partial charge in [-0.05, 0) is 66.6 Å². The molecule has 5 aromatic rings. The predicted octanol–water partition coefficient (Wildman–Crippen LogP) is 6.59. The SMILES string of the molecule is CC(CC(=O)NO)CC(C)(C)CC(=O)Nc1ccc(C(C)(C(=O)Nc2cccc3cccnc23)C(=O)Nc2cccc3cccnc23)cc1. The molecule has 0 bridgehead atoms. The molecule has 0 spiro atoms. The van der Waals surface area contributed by atoms with Crippen molar-refractivity contribution >= 4 is 62.5 Å². The lowest BCUT2D eigenvalue weighted by Gasteiger charge is -2.29. The highest BCUT2D eigenvalue weighted by Gasteiger charge is 2.43. The second-order valence-electron chi connectivity index (χ2n) is 13.3. The van der Waals surface area contributed by atoms with Crippen LogP contribution < -0.4 is 21.4 Å². The third-order valence-corrected chi connectivity index (χ3v) is 8.61. The highest BCUT2D eigenvalue weighted by atomic mass is 16.5. The van der Waals surface area contributed by atoms with E-state index in [1.165, 1.54) is 0 Å². The maximum absolute atomic E-state index is 14.2. The summed E-state index contributed by atoms with van der Waals surface area (Å²) in [4.78, 5) is 61.9. The van der Waals surface area contributed by atoms with E-state index in [2.05, 4.69) is 25.9 Å². The van der Waals surface area contributed by atoms with Gasteiger partial charge in [0.1, 0.15) is 0 Å². The topological polar surface area (TPSA) is 162 Å². The fraction of sp³-hybridized carbons (Fsp3) is 0.263. The molecule has 3 aromatic carbocycles. The van der Waals surface area contributed by atoms with E-state index in [-0.39, 0.29) is 24.7 Å². The number of fused-ring (bicyclic) bond motifs is 2. The Labute approximate surface area is 284 Å². The van der Waals surface area contributed by atoms with Gasteiger partial charge in [0.25, 0.3) is 0 Å². The Morgan fingerprint density at radius 3 is 1.71 bits per heavy atom. The molecule has 0 saturated carbocycles. The summed E-state index contributed by atoms with van der Waals surface area (Å²) in [5.74, 6) is -1.87. The van der Waals surface area contributed by atoms with E-state index in [1.54, 1.807) is 61.2 Å². The summed E-state index contributed by atoms with van der Waals surface area (Å²) in [5, 5.41) is 19.3. The number of amides is 4. The van der Waals surface area contributed by atoms with E-state index < -0.39 is 28.6 Å². The van der Waals surface area contributed by atoms with Crippen LogP contribution in [0.2, 0.25) is 0 Å². The summed E-state index contributed by atoms with van der Waals surface area (Å²) in [5.41, 5.74) is 2.51. The van der Waals surface area contributed by atoms with Crippen molar-refractivity contribution in [3.63, 3.8) is 0 Å². The molecule has 2 aromatic heterocycles. The van der Waals surface area contributed by atoms with Crippen molar-refractivity contribution in [1.29, 1.82) is 0 Å². The minimum atomic E-state index is -1.73. The Balaban J connectivity index is 1.40. The largest absolute Gasteiger partial charge is 0.326 e. The van der Waals surface area contributed by atoms with Gasteiger partial charge in [-0.1, -0.05) is 69.3 Å². The third kappa shape index (κ3) is 8.07. The fourth-order valence-electron chi connectivity index (χ4n) is 6.25. The third-order valence-electron chi connectivity index (χ3n) is 8.61. The molecule has 5 rings (SSSR count). The maximum Gasteiger partial charge on any atom is 0.244 e. The van der Waals surface area contributed by atoms with Gasteiger partial charge in [0, 0.05) is 41.7 Å². The van der Waals surface area contributed by atoms with Gasteiger partial charge >= 0.3 is 0 Å². The number of para-hydroxylation sites is 2. The van der Waals surface area contributed by atoms with Gasteiger partial charge in [0.15, 0.2) is 5.41 Å². The first kappa shape index (κ1) is 34.6. The van der Waals surface area contributed by atoms with Gasteiger partial charge < -0.3 is 16.0 Å². The molecule has 2 heterocycles. The number of hydrogen-bond donors (Lipinski definition) is 5. The van der Waals surface area contributed by atoms with Crippen molar-refractivity contribution < 1.29 is 24.4 Å². The second-order valence-corrected chi connectivity index (χ2v) is 13.3. The maximum atomic E-state index is 14.2. The molecule has 1 atom stereocenters. The van der Waals surface area contributed by atoms with Gasteiger partial charge in [0.05, 0.1) is 22.4 Å². The van der Waals surface area contributed by atoms with Crippen molar-refractivity contribution in [1.82, 2.24) is 15.4 Å². The number of hydrogen-bond acceptors (Lipinski definition) is 7. The summed E-state index contributed by atoms with van der Waals surface area (Å²) in [6, 6.07) is 24.9. The average molecular weight is 661 g/mol. The van der Waals surface area contributed by atoms with Crippen LogP contribution in [-0.4, -0.2) is 38.8 Å². The van der Waals surface area contributed by atoms with Crippen molar-refractivity contribution in [3.05, 3.63) is 103 Å². The Hall–Kier alpha value is -5.68. The van der Waals surface area contributed by atoms with Gasteiger partial charge in [0.2, 0.25) is 23.6 Å². The molecule has 252 valence electrons. The molecule has 0 aliphatic heterocycles. The lowest BCUT2D eigenvalue weighted by Crippen LogP contribution is -2.47. The van der Waals surface area contributed by atoms with Gasteiger partial charge in [-0.3, -0.25) is 34.4 Å². The lowest BCUT2D eigenvalue weighted by molar-refractivity contribution is -0.131. The van der Waals surface area contributed by atoms with Crippen LogP contribution in [0.3, 0.4) is 0 Å². The molecule has 0 saturated heterocycles. The molecular formula is C38H40N6O5. The van der Waals surface area contributed by atoms with Crippen LogP contribution in [0.5, 0.6) is 0 Å². The van der Waals surface area contributed by atoms with E-state index >= 15 is 0 Å². The number of pyridine rings is 2. The normalized spacial score (nSPS) is 12.3. The average Bonchev–Trinajstić information content (AvgIpc) is 3.07. The van der Waals surface area contributed by atoms with Crippen molar-refractivity contribution in [3.8, 4) is 0 Å². The summed E-state index contributed by atoms with van der Waals surface area (Å²) >= 11 is 0. The molecule has 0 fully saturated rings. The number of nitrogens with one attached hydrogen (secondary N) is 4. The Kier molecular flexibility index (Phi) is 10.3. The number of rotatable bonds is 12. The lowest BCUT2D eigenvalue weighted by atomic mass is 9.79. The molecule has 0 aliphatic carbocycles. The number of carbonyl (C=O) groups is 4. The van der Waals surface area contributed by atoms with Crippen molar-refractivity contribution in [2.24, 2.45) is 11.3 Å². The quantitative estimate of drug-likeness (QED) is 0.0572. The van der Waals surface area contributed by atoms with Crippen LogP contribution in [0, 0.1) is 11.3 Å². The molecule has 4 amide bonds. The first-order valence-corrected chi connectivity index (χ1v) is 16.0. The minimum absolute atomic E-state index is 0.0430. The monoisotopic (exact) mass is 660 g/mol. The molecule has 0 aliphatic rings. The Morgan fingerprint density at radius 2 is 1.20 bits per heavy atom. The molecule has 49 heavy (non-hydrogen) atoms. The number of carbonyl (C=O) groups excluding carboxylic acids is 4. The van der Waals surface area contributed by atoms with E-state index in [0.29, 0.717) is 40.1 Å². The molecular weight excluding hydrogens is 620 g/mol. The summed E-state index contributed by atoms with van der Waals surface area (Å²) in [6.07, 6.45) is 4.22.